The molecule has 1 aliphatic rings. The number of allylic oxidation sites excluding steroid dienone is 1. The average molecular weight is 666 g/mol. The van der Waals surface area contributed by atoms with Gasteiger partial charge in [0.15, 0.2) is 8.32 Å². The first kappa shape index (κ1) is 33.1. The smallest absolute Gasteiger partial charge is 0.192 e. The normalized spacial score (nSPS) is 17.7. The molecule has 0 saturated carbocycles. The number of halogens is 1. The van der Waals surface area contributed by atoms with Crippen LogP contribution in [0.15, 0.2) is 95.5 Å². The minimum Gasteiger partial charge on any atom is -0.497 e. The molecular formula is C36H45BrO5Si. The minimum atomic E-state index is -2.01. The molecule has 0 N–H and O–H groups in total. The lowest BCUT2D eigenvalue weighted by Gasteiger charge is -2.40. The predicted molar refractivity (Wildman–Crippen MR) is 181 cm³/mol. The van der Waals surface area contributed by atoms with Gasteiger partial charge in [-0.2, -0.15) is 0 Å². The maximum atomic E-state index is 7.51. The monoisotopic (exact) mass is 664 g/mol. The van der Waals surface area contributed by atoms with Gasteiger partial charge in [-0.3, -0.25) is 0 Å². The zero-order valence-corrected chi connectivity index (χ0v) is 29.2. The molecule has 0 amide bonds. The van der Waals surface area contributed by atoms with Gasteiger partial charge in [0.1, 0.15) is 22.8 Å². The van der Waals surface area contributed by atoms with Gasteiger partial charge < -0.3 is 23.4 Å². The average Bonchev–Trinajstić information content (AvgIpc) is 3.38. The summed E-state index contributed by atoms with van der Waals surface area (Å²) < 4.78 is 31.0. The molecule has 3 aromatic rings. The molecule has 0 aliphatic heterocycles. The lowest BCUT2D eigenvalue weighted by molar-refractivity contribution is -0.0370. The van der Waals surface area contributed by atoms with Gasteiger partial charge in [0, 0.05) is 6.42 Å². The summed E-state index contributed by atoms with van der Waals surface area (Å²) >= 11 is 3.47. The zero-order chi connectivity index (χ0) is 31.3. The quantitative estimate of drug-likeness (QED) is 0.110. The molecule has 0 spiro atoms. The zero-order valence-electron chi connectivity index (χ0n) is 26.6. The Kier molecular flexibility index (Phi) is 10.6. The van der Waals surface area contributed by atoms with E-state index in [1.165, 1.54) is 5.57 Å². The third-order valence-electron chi connectivity index (χ3n) is 8.76. The van der Waals surface area contributed by atoms with Crippen molar-refractivity contribution in [2.24, 2.45) is 0 Å². The van der Waals surface area contributed by atoms with Crippen LogP contribution in [0.5, 0.6) is 17.2 Å². The number of hydrogen-bond donors (Lipinski definition) is 0. The summed E-state index contributed by atoms with van der Waals surface area (Å²) in [4.78, 5) is 1.91. The summed E-state index contributed by atoms with van der Waals surface area (Å²) in [5.41, 5.74) is 3.24. The Morgan fingerprint density at radius 3 is 1.51 bits per heavy atom. The summed E-state index contributed by atoms with van der Waals surface area (Å²) in [6, 6.07) is 24.5. The second-order valence-corrected chi connectivity index (χ2v) is 17.7. The highest BCUT2D eigenvalue weighted by Gasteiger charge is 2.45. The van der Waals surface area contributed by atoms with Crippen LogP contribution in [0.25, 0.3) is 0 Å². The largest absolute Gasteiger partial charge is 0.497 e. The third kappa shape index (κ3) is 7.28. The minimum absolute atomic E-state index is 0.0232. The molecule has 1 aliphatic carbocycles. The van der Waals surface area contributed by atoms with E-state index in [4.69, 9.17) is 23.4 Å². The van der Waals surface area contributed by atoms with Crippen molar-refractivity contribution in [1.82, 2.24) is 0 Å². The van der Waals surface area contributed by atoms with Crippen molar-refractivity contribution in [3.8, 4) is 17.2 Å². The Bertz CT molecular complexity index is 1270. The fourth-order valence-electron chi connectivity index (χ4n) is 5.31. The van der Waals surface area contributed by atoms with Crippen LogP contribution >= 0.6 is 15.9 Å². The SMILES string of the molecule is COc1ccc(C(O[C@H]2C[C@@H](O[Si](C)(C)C(C)(C)C)C=C2C/C=C\Br)(c2ccc(OC)cc2)c2ccc(OC)cc2)cc1. The van der Waals surface area contributed by atoms with Crippen LogP contribution < -0.4 is 14.2 Å². The van der Waals surface area contributed by atoms with Gasteiger partial charge in [0.25, 0.3) is 0 Å². The first-order valence-corrected chi connectivity index (χ1v) is 18.5. The van der Waals surface area contributed by atoms with E-state index in [9.17, 15) is 0 Å². The molecule has 0 heterocycles. The van der Waals surface area contributed by atoms with E-state index in [0.717, 1.165) is 46.8 Å². The summed E-state index contributed by atoms with van der Waals surface area (Å²) in [5.74, 6) is 2.36. The second kappa shape index (κ2) is 13.9. The molecular weight excluding hydrogens is 620 g/mol. The molecule has 5 nitrogen and oxygen atoms in total. The van der Waals surface area contributed by atoms with Crippen molar-refractivity contribution in [1.29, 1.82) is 0 Å². The first-order valence-electron chi connectivity index (χ1n) is 14.7. The van der Waals surface area contributed by atoms with Crippen LogP contribution in [0.4, 0.5) is 0 Å². The number of ether oxygens (including phenoxy) is 4. The van der Waals surface area contributed by atoms with Gasteiger partial charge in [-0.15, -0.1) is 0 Å². The van der Waals surface area contributed by atoms with Gasteiger partial charge in [-0.05, 0) is 88.2 Å². The fraction of sp³-hybridized carbons (Fsp3) is 0.389. The molecule has 43 heavy (non-hydrogen) atoms. The van der Waals surface area contributed by atoms with Crippen molar-refractivity contribution in [2.75, 3.05) is 21.3 Å². The van der Waals surface area contributed by atoms with E-state index >= 15 is 0 Å². The molecule has 0 bridgehead atoms. The summed E-state index contributed by atoms with van der Waals surface area (Å²) in [6.45, 7) is 11.5. The molecule has 230 valence electrons. The molecule has 0 saturated heterocycles. The van der Waals surface area contributed by atoms with E-state index in [-0.39, 0.29) is 17.2 Å². The lowest BCUT2D eigenvalue weighted by Crippen LogP contribution is -2.43. The van der Waals surface area contributed by atoms with Crippen molar-refractivity contribution in [3.05, 3.63) is 112 Å². The van der Waals surface area contributed by atoms with Crippen LogP contribution in [0.1, 0.15) is 50.3 Å². The summed E-state index contributed by atoms with van der Waals surface area (Å²) in [5, 5.41) is 0.106. The predicted octanol–water partition coefficient (Wildman–Crippen LogP) is 9.41. The second-order valence-electron chi connectivity index (χ2n) is 12.4. The number of hydrogen-bond acceptors (Lipinski definition) is 5. The number of rotatable bonds is 12. The van der Waals surface area contributed by atoms with Crippen LogP contribution in [0, 0.1) is 0 Å². The van der Waals surface area contributed by atoms with E-state index in [0.29, 0.717) is 0 Å². The Morgan fingerprint density at radius 1 is 0.744 bits per heavy atom. The topological polar surface area (TPSA) is 46.2 Å². The van der Waals surface area contributed by atoms with Crippen LogP contribution in [-0.2, 0) is 14.8 Å². The van der Waals surface area contributed by atoms with E-state index in [1.807, 2.05) is 41.4 Å². The highest BCUT2D eigenvalue weighted by molar-refractivity contribution is 9.11. The molecule has 4 rings (SSSR count). The molecule has 0 fully saturated rings. The van der Waals surface area contributed by atoms with Crippen LogP contribution in [0.3, 0.4) is 0 Å². The molecule has 3 aromatic carbocycles. The molecule has 2 atom stereocenters. The highest BCUT2D eigenvalue weighted by atomic mass is 79.9. The molecule has 0 unspecified atom stereocenters. The van der Waals surface area contributed by atoms with Crippen LogP contribution in [0.2, 0.25) is 18.1 Å². The number of methoxy groups -OCH3 is 3. The third-order valence-corrected chi connectivity index (χ3v) is 13.6. The van der Waals surface area contributed by atoms with Gasteiger partial charge in [0.2, 0.25) is 0 Å². The Hall–Kier alpha value is -2.84. The molecule has 7 heteroatoms. The van der Waals surface area contributed by atoms with Crippen molar-refractivity contribution < 1.29 is 23.4 Å². The lowest BCUT2D eigenvalue weighted by atomic mass is 9.79. The van der Waals surface area contributed by atoms with E-state index in [1.54, 1.807) is 21.3 Å². The van der Waals surface area contributed by atoms with Crippen LogP contribution in [-0.4, -0.2) is 41.9 Å². The summed E-state index contributed by atoms with van der Waals surface area (Å²) in [7, 11) is 3.03. The van der Waals surface area contributed by atoms with Gasteiger partial charge in [-0.25, -0.2) is 0 Å². The standard InChI is InChI=1S/C36H45BrO5Si/c1-35(2,3)43(7,8)42-33-24-26(10-9-23-37)34(25-33)41-36(27-11-17-30(38-4)18-12-27,28-13-19-31(39-5)20-14-28)29-15-21-32(40-6)22-16-29/h9,11-24,33-34H,10,25H2,1-8H3/b23-9-/t33-,34-/m0/s1. The van der Waals surface area contributed by atoms with Gasteiger partial charge in [0.05, 0.1) is 33.5 Å². The summed E-state index contributed by atoms with van der Waals surface area (Å²) in [6.07, 6.45) is 5.69. The first-order chi connectivity index (χ1) is 20.5. The van der Waals surface area contributed by atoms with Gasteiger partial charge >= 0.3 is 0 Å². The van der Waals surface area contributed by atoms with Crippen molar-refractivity contribution >= 4 is 24.2 Å². The van der Waals surface area contributed by atoms with E-state index < -0.39 is 13.9 Å². The Morgan fingerprint density at radius 2 is 1.16 bits per heavy atom. The van der Waals surface area contributed by atoms with E-state index in [2.05, 4.69) is 98.3 Å². The molecule has 0 radical (unpaired) electrons. The maximum absolute atomic E-state index is 7.51. The Labute approximate surface area is 267 Å². The highest BCUT2D eigenvalue weighted by Crippen LogP contribution is 2.47. The number of benzene rings is 3. The molecule has 0 aromatic heterocycles. The Balaban J connectivity index is 1.88. The van der Waals surface area contributed by atoms with Crippen molar-refractivity contribution in [3.63, 3.8) is 0 Å². The van der Waals surface area contributed by atoms with Gasteiger partial charge in [-0.1, -0.05) is 85.3 Å². The van der Waals surface area contributed by atoms with Crippen molar-refractivity contribution in [2.45, 2.75) is 69.6 Å². The fourth-order valence-corrected chi connectivity index (χ4v) is 6.77. The maximum Gasteiger partial charge on any atom is 0.192 e.